The number of benzene rings is 1. The average molecular weight is 1420 g/mol. The number of aliphatic carboxylic acids is 1. The number of hydrogen-bond acceptors (Lipinski definition) is 23. The summed E-state index contributed by atoms with van der Waals surface area (Å²) in [5.41, 5.74) is -1.34. The summed E-state index contributed by atoms with van der Waals surface area (Å²) in [6.07, 6.45) is 10.4. The zero-order valence-electron chi connectivity index (χ0n) is 56.6. The molecule has 27 nitrogen and oxygen atoms in total. The van der Waals surface area contributed by atoms with Crippen LogP contribution in [-0.4, -0.2) is 230 Å². The van der Waals surface area contributed by atoms with Crippen LogP contribution in [0.2, 0.25) is 0 Å². The largest absolute Gasteiger partial charge is 1.00 e. The van der Waals surface area contributed by atoms with Gasteiger partial charge >= 0.3 is 59.4 Å². The maximum atomic E-state index is 13.3. The van der Waals surface area contributed by atoms with Crippen molar-refractivity contribution in [3.05, 3.63) is 78.2 Å². The van der Waals surface area contributed by atoms with E-state index in [2.05, 4.69) is 11.3 Å². The van der Waals surface area contributed by atoms with Crippen molar-refractivity contribution in [1.82, 2.24) is 14.7 Å². The Bertz CT molecular complexity index is 2580. The number of halogens is 6. The maximum Gasteiger partial charge on any atom is 1.00 e. The number of carboxylic acids is 1. The monoisotopic (exact) mass is 1420 g/mol. The molecule has 4 aliphatic rings. The number of carbonyl (C=O) groups is 11. The molecule has 0 bridgehead atoms. The fourth-order valence-corrected chi connectivity index (χ4v) is 6.00. The van der Waals surface area contributed by atoms with Crippen LogP contribution < -0.4 is 34.3 Å². The van der Waals surface area contributed by atoms with Crippen LogP contribution in [-0.2, 0) is 90.6 Å². The molecule has 0 radical (unpaired) electrons. The maximum absolute atomic E-state index is 13.3. The second-order valence-corrected chi connectivity index (χ2v) is 21.1. The van der Waals surface area contributed by atoms with Crippen LogP contribution in [0.3, 0.4) is 0 Å². The van der Waals surface area contributed by atoms with Crippen LogP contribution in [0, 0.1) is 29.1 Å². The van der Waals surface area contributed by atoms with Crippen LogP contribution >= 0.6 is 0 Å². The summed E-state index contributed by atoms with van der Waals surface area (Å²) in [7, 11) is -1.00. The molecule has 0 atom stereocenters. The van der Waals surface area contributed by atoms with E-state index in [1.165, 1.54) is 37.1 Å². The van der Waals surface area contributed by atoms with E-state index in [0.29, 0.717) is 6.61 Å². The summed E-state index contributed by atoms with van der Waals surface area (Å²) in [5, 5.41) is 31.9. The van der Waals surface area contributed by atoms with E-state index < -0.39 is 89.0 Å². The predicted octanol–water partition coefficient (Wildman–Crippen LogP) is 3.30. The van der Waals surface area contributed by atoms with Gasteiger partial charge in [-0.2, -0.15) is 8.78 Å². The van der Waals surface area contributed by atoms with E-state index in [-0.39, 0.29) is 200 Å². The number of imide groups is 3. The molecule has 34 heteroatoms. The molecular weight excluding hydrogens is 1320 g/mol. The van der Waals surface area contributed by atoms with Crippen molar-refractivity contribution in [3.63, 3.8) is 0 Å². The summed E-state index contributed by atoms with van der Waals surface area (Å²) >= 11 is 0. The number of hydrogen-bond donors (Lipinski definition) is 4. The van der Waals surface area contributed by atoms with Gasteiger partial charge in [0.05, 0.1) is 127 Å². The number of amides is 6. The summed E-state index contributed by atoms with van der Waals surface area (Å²) in [4.78, 5) is 124. The first-order chi connectivity index (χ1) is 43.9. The minimum absolute atomic E-state index is 0. The molecule has 5 rings (SSSR count). The number of aliphatic hydroxyl groups is 3. The quantitative estimate of drug-likeness (QED) is 0.00987. The summed E-state index contributed by atoms with van der Waals surface area (Å²) in [6.45, 7) is 22.3. The number of nitrogens with zero attached hydrogens (tertiary/aromatic N) is 3. The first-order valence-electron chi connectivity index (χ1n) is 29.0. The van der Waals surface area contributed by atoms with E-state index in [1.54, 1.807) is 20.8 Å². The van der Waals surface area contributed by atoms with Crippen LogP contribution in [0.1, 0.15) is 126 Å². The minimum atomic E-state index is -2.37. The first kappa shape index (κ1) is 101. The van der Waals surface area contributed by atoms with Gasteiger partial charge in [-0.3, -0.25) is 67.0 Å². The minimum Gasteiger partial charge on any atom is -1.00 e. The van der Waals surface area contributed by atoms with Crippen molar-refractivity contribution in [2.45, 2.75) is 140 Å². The third kappa shape index (κ3) is 52.9. The van der Waals surface area contributed by atoms with Crippen molar-refractivity contribution in [3.8, 4) is 5.75 Å². The Morgan fingerprint density at radius 3 is 1.02 bits per heavy atom. The van der Waals surface area contributed by atoms with Gasteiger partial charge in [0.1, 0.15) is 16.8 Å². The molecule has 0 aliphatic carbocycles. The summed E-state index contributed by atoms with van der Waals surface area (Å²) in [5.74, 6) is -18.7. The van der Waals surface area contributed by atoms with Crippen LogP contribution in [0.4, 0.5) is 26.3 Å². The Hall–Kier alpha value is -6.79. The molecule has 4 aliphatic heterocycles. The van der Waals surface area contributed by atoms with Crippen molar-refractivity contribution in [2.75, 3.05) is 113 Å². The number of ether oxygens (including phenoxy) is 9. The van der Waals surface area contributed by atoms with Gasteiger partial charge < -0.3 is 64.5 Å². The summed E-state index contributed by atoms with van der Waals surface area (Å²) in [6, 6.07) is 0. The Morgan fingerprint density at radius 2 is 0.784 bits per heavy atom. The van der Waals surface area contributed by atoms with Crippen LogP contribution in [0.5, 0.6) is 5.75 Å². The molecule has 1 aromatic rings. The second kappa shape index (κ2) is 58.2. The Balaban J connectivity index is -0.000000170. The fraction of sp³-hybridized carbons (Fsp3) is 0.603. The van der Waals surface area contributed by atoms with Gasteiger partial charge in [-0.25, -0.2) is 18.0 Å². The SMILES string of the molecule is C.C.C.C1CCOC1.C=CC(=O)OC(C)(C)C.CC(C)(C)OC(=O)CCOCCN1C(=O)C=CC1=O.CC(C)(C)OC(=O)CCOCCO.O=C(CCOCCN1C(=O)C=CC1=O)Oc1c(F)c(F)c(F)c(F)c1F.O=C(O)CCOCCN1C(=O)C=CC1=O.OCCO.[2H]CF.[H-].[Na+]. The number of carboxylic acid groups (broad SMARTS) is 1. The Kier molecular flexibility index (Phi) is 60.7. The molecule has 97 heavy (non-hydrogen) atoms. The molecule has 0 unspecified atom stereocenters. The van der Waals surface area contributed by atoms with Crippen molar-refractivity contribution < 1.29 is 174 Å². The number of alkyl halides is 1. The van der Waals surface area contributed by atoms with E-state index in [9.17, 15) is 79.1 Å². The van der Waals surface area contributed by atoms with Crippen LogP contribution in [0.25, 0.3) is 0 Å². The number of esters is 4. The van der Waals surface area contributed by atoms with Gasteiger partial charge in [-0.15, -0.1) is 0 Å². The van der Waals surface area contributed by atoms with E-state index in [4.69, 9.17) is 59.7 Å². The van der Waals surface area contributed by atoms with Gasteiger partial charge in [0.25, 0.3) is 35.4 Å². The Morgan fingerprint density at radius 1 is 0.505 bits per heavy atom. The van der Waals surface area contributed by atoms with E-state index in [0.717, 1.165) is 46.1 Å². The van der Waals surface area contributed by atoms with E-state index >= 15 is 0 Å². The summed E-state index contributed by atoms with van der Waals surface area (Å²) < 4.78 is 125. The molecule has 4 N–H and O–H groups in total. The first-order valence-corrected chi connectivity index (χ1v) is 28.3. The molecule has 1 saturated heterocycles. The predicted molar refractivity (Wildman–Crippen MR) is 336 cm³/mol. The average Bonchev–Trinajstić information content (AvgIpc) is 1.78. The van der Waals surface area contributed by atoms with E-state index in [1.807, 2.05) is 41.5 Å². The third-order valence-electron chi connectivity index (χ3n) is 9.85. The zero-order chi connectivity index (χ0) is 72.6. The van der Waals surface area contributed by atoms with Crippen molar-refractivity contribution >= 4 is 65.3 Å². The molecule has 4 heterocycles. The van der Waals surface area contributed by atoms with Gasteiger partial charge in [0.2, 0.25) is 34.8 Å². The smallest absolute Gasteiger partial charge is 1.00 e. The molecule has 1 aromatic carbocycles. The Labute approximate surface area is 588 Å². The topological polar surface area (TPSA) is 361 Å². The molecule has 6 amide bonds. The molecule has 554 valence electrons. The molecule has 0 spiro atoms. The fourth-order valence-electron chi connectivity index (χ4n) is 6.00. The van der Waals surface area contributed by atoms with Crippen molar-refractivity contribution in [1.29, 1.82) is 0 Å². The molecular formula is C63H100F6N3NaO24. The number of aliphatic hydroxyl groups excluding tert-OH is 3. The molecule has 1 fully saturated rings. The van der Waals surface area contributed by atoms with Gasteiger partial charge in [-0.1, -0.05) is 28.9 Å². The van der Waals surface area contributed by atoms with Gasteiger partial charge in [-0.05, 0) is 75.2 Å². The number of rotatable bonds is 26. The van der Waals surface area contributed by atoms with Gasteiger partial charge in [0.15, 0.2) is 0 Å². The second-order valence-electron chi connectivity index (χ2n) is 21.1. The van der Waals surface area contributed by atoms with Crippen LogP contribution in [0.15, 0.2) is 49.1 Å². The molecule has 0 saturated carbocycles. The van der Waals surface area contributed by atoms with Gasteiger partial charge in [0, 0.05) is 55.7 Å². The standard InChI is InChI=1S/C15H10F5NO5.C13H19NO5.C9H11NO5.C9H18O4.C7H12O2.C4H8O.C2H6O2.CH3F.3CH4.Na.H/c16-10-11(17)13(19)15(14(20)12(10)18)26-9(24)3-5-25-6-4-21-7(22)1-2-8(21)23;1-13(2,3)19-12(17)6-8-18-9-7-14-10(15)4-5-11(14)16;11-7-1-2-8(12)10(7)4-6-15-5-3-9(13)14;1-9(2,3)13-8(11)4-6-12-7-5-10;1-5-6(8)9-7(2,3)4;1-2-4-5-3-1;3-1-2-4;1-2;;;;;/h1-2H,3-6H2;4-5H,6-9H2,1-3H3;1-2H,3-6H2,(H,13,14);10H,4-7H2,1-3H3;5H,1H2,2-4H3;1-4H2;3-4H,1-2H2;1H3;3*1H4;;/q;;;;;;;;;;;+1;-1/i;;;;;;;1D;;;;;. The number of carbonyl (C=O) groups excluding carboxylic acids is 10. The normalized spacial score (nSPS) is 13.2. The molecule has 0 aromatic heterocycles. The third-order valence-corrected chi connectivity index (χ3v) is 9.85. The zero-order valence-corrected chi connectivity index (χ0v) is 56.6. The van der Waals surface area contributed by atoms with Crippen molar-refractivity contribution in [2.24, 2.45) is 0 Å².